The number of rotatable bonds is 1. The Kier molecular flexibility index (Phi) is 2.58. The van der Waals surface area contributed by atoms with E-state index in [1.807, 2.05) is 0 Å². The summed E-state index contributed by atoms with van der Waals surface area (Å²) in [4.78, 5) is 4.27. The van der Waals surface area contributed by atoms with Gasteiger partial charge in [-0.1, -0.05) is 30.9 Å². The Labute approximate surface area is 87.1 Å². The molecule has 13 heavy (non-hydrogen) atoms. The fourth-order valence-corrected chi connectivity index (χ4v) is 2.95. The molecule has 0 saturated heterocycles. The summed E-state index contributed by atoms with van der Waals surface area (Å²) in [6.07, 6.45) is 7.54. The molecule has 1 aromatic rings. The van der Waals surface area contributed by atoms with Crippen molar-refractivity contribution in [1.29, 1.82) is 0 Å². The van der Waals surface area contributed by atoms with Crippen LogP contribution in [0.25, 0.3) is 0 Å². The Morgan fingerprint density at radius 2 is 2.08 bits per heavy atom. The van der Waals surface area contributed by atoms with Crippen molar-refractivity contribution in [2.75, 3.05) is 0 Å². The maximum atomic E-state index is 6.28. The number of aromatic nitrogens is 1. The highest BCUT2D eigenvalue weighted by molar-refractivity contribution is 7.15. The first-order valence-corrected chi connectivity index (χ1v) is 5.81. The van der Waals surface area contributed by atoms with Gasteiger partial charge in [0.2, 0.25) is 0 Å². The number of thiazole rings is 1. The Morgan fingerprint density at radius 1 is 1.38 bits per heavy atom. The van der Waals surface area contributed by atoms with Gasteiger partial charge in [0.15, 0.2) is 0 Å². The van der Waals surface area contributed by atoms with E-state index in [4.69, 9.17) is 17.3 Å². The van der Waals surface area contributed by atoms with Crippen molar-refractivity contribution in [3.05, 3.63) is 15.5 Å². The van der Waals surface area contributed by atoms with Crippen molar-refractivity contribution in [3.63, 3.8) is 0 Å². The van der Waals surface area contributed by atoms with Gasteiger partial charge in [-0.2, -0.15) is 0 Å². The van der Waals surface area contributed by atoms with Gasteiger partial charge in [0.25, 0.3) is 0 Å². The summed E-state index contributed by atoms with van der Waals surface area (Å²) in [5.74, 6) is 0. The topological polar surface area (TPSA) is 38.9 Å². The van der Waals surface area contributed by atoms with E-state index in [0.29, 0.717) is 0 Å². The maximum absolute atomic E-state index is 6.28. The molecular weight excluding hydrogens is 204 g/mol. The van der Waals surface area contributed by atoms with Gasteiger partial charge in [-0.25, -0.2) is 4.98 Å². The highest BCUT2D eigenvalue weighted by atomic mass is 35.5. The Bertz CT molecular complexity index is 292. The number of hydrogen-bond donors (Lipinski definition) is 1. The van der Waals surface area contributed by atoms with Gasteiger partial charge in [-0.05, 0) is 12.8 Å². The van der Waals surface area contributed by atoms with E-state index in [1.165, 1.54) is 30.6 Å². The monoisotopic (exact) mass is 216 g/mol. The molecule has 0 aliphatic heterocycles. The molecule has 1 saturated carbocycles. The molecule has 0 radical (unpaired) electrons. The smallest absolute Gasteiger partial charge is 0.114 e. The fourth-order valence-electron chi connectivity index (χ4n) is 1.88. The van der Waals surface area contributed by atoms with E-state index in [-0.39, 0.29) is 5.54 Å². The van der Waals surface area contributed by atoms with E-state index in [0.717, 1.165) is 22.2 Å². The summed E-state index contributed by atoms with van der Waals surface area (Å²) in [6, 6.07) is 0. The molecule has 72 valence electrons. The summed E-state index contributed by atoms with van der Waals surface area (Å²) >= 11 is 7.36. The van der Waals surface area contributed by atoms with Crippen LogP contribution in [0.4, 0.5) is 0 Å². The second-order valence-corrected chi connectivity index (χ2v) is 5.35. The highest BCUT2D eigenvalue weighted by Crippen LogP contribution is 2.37. The summed E-state index contributed by atoms with van der Waals surface area (Å²) < 4.78 is 0.741. The predicted molar refractivity (Wildman–Crippen MR) is 56.1 cm³/mol. The molecule has 1 aliphatic rings. The zero-order valence-electron chi connectivity index (χ0n) is 7.42. The van der Waals surface area contributed by atoms with E-state index in [1.54, 1.807) is 6.20 Å². The molecule has 4 heteroatoms. The second kappa shape index (κ2) is 3.56. The van der Waals surface area contributed by atoms with Crippen LogP contribution >= 0.6 is 22.9 Å². The van der Waals surface area contributed by atoms with Gasteiger partial charge in [-0.15, -0.1) is 11.3 Å². The van der Waals surface area contributed by atoms with E-state index >= 15 is 0 Å². The van der Waals surface area contributed by atoms with Crippen molar-refractivity contribution in [2.45, 2.75) is 37.6 Å². The predicted octanol–water partition coefficient (Wildman–Crippen LogP) is 2.91. The third-order valence-corrected chi connectivity index (χ3v) is 3.98. The van der Waals surface area contributed by atoms with E-state index < -0.39 is 0 Å². The molecule has 1 heterocycles. The summed E-state index contributed by atoms with van der Waals surface area (Å²) in [6.45, 7) is 0. The zero-order chi connectivity index (χ0) is 9.31. The van der Waals surface area contributed by atoms with Gasteiger partial charge in [0, 0.05) is 0 Å². The second-order valence-electron chi connectivity index (χ2n) is 3.69. The van der Waals surface area contributed by atoms with Gasteiger partial charge >= 0.3 is 0 Å². The molecule has 0 bridgehead atoms. The van der Waals surface area contributed by atoms with Gasteiger partial charge in [0.05, 0.1) is 11.7 Å². The minimum atomic E-state index is -0.184. The minimum absolute atomic E-state index is 0.184. The Balaban J connectivity index is 2.22. The first-order chi connectivity index (χ1) is 6.21. The normalized spacial score (nSPS) is 21.7. The fraction of sp³-hybridized carbons (Fsp3) is 0.667. The minimum Gasteiger partial charge on any atom is -0.319 e. The van der Waals surface area contributed by atoms with E-state index in [2.05, 4.69) is 4.98 Å². The lowest BCUT2D eigenvalue weighted by Gasteiger charge is -2.31. The lowest BCUT2D eigenvalue weighted by Crippen LogP contribution is -2.38. The maximum Gasteiger partial charge on any atom is 0.114 e. The molecule has 0 atom stereocenters. The van der Waals surface area contributed by atoms with E-state index in [9.17, 15) is 0 Å². The van der Waals surface area contributed by atoms with Crippen LogP contribution in [0.1, 0.15) is 37.1 Å². The molecule has 2 N–H and O–H groups in total. The standard InChI is InChI=1S/C9H13ClN2S/c10-7-6-12-8(13-7)9(11)4-2-1-3-5-9/h6H,1-5,11H2. The van der Waals surface area contributed by atoms with Crippen LogP contribution in [0.2, 0.25) is 4.34 Å². The van der Waals surface area contributed by atoms with Gasteiger partial charge < -0.3 is 5.73 Å². The molecule has 1 fully saturated rings. The molecular formula is C9H13ClN2S. The number of halogens is 1. The van der Waals surface area contributed by atoms with Crippen LogP contribution < -0.4 is 5.73 Å². The quantitative estimate of drug-likeness (QED) is 0.784. The first kappa shape index (κ1) is 9.44. The molecule has 0 aromatic carbocycles. The van der Waals surface area contributed by atoms with Crippen LogP contribution in [0.5, 0.6) is 0 Å². The van der Waals surface area contributed by atoms with Crippen LogP contribution in [-0.2, 0) is 5.54 Å². The molecule has 0 spiro atoms. The average Bonchev–Trinajstić information content (AvgIpc) is 2.54. The van der Waals surface area contributed by atoms with Crippen molar-refractivity contribution >= 4 is 22.9 Å². The number of nitrogens with zero attached hydrogens (tertiary/aromatic N) is 1. The van der Waals surface area contributed by atoms with Gasteiger partial charge in [0.1, 0.15) is 9.34 Å². The lowest BCUT2D eigenvalue weighted by atomic mass is 9.83. The number of nitrogens with two attached hydrogens (primary N) is 1. The molecule has 1 aliphatic carbocycles. The molecule has 2 rings (SSSR count). The largest absolute Gasteiger partial charge is 0.319 e. The van der Waals surface area contributed by atoms with Gasteiger partial charge in [-0.3, -0.25) is 0 Å². The zero-order valence-corrected chi connectivity index (χ0v) is 9.00. The first-order valence-electron chi connectivity index (χ1n) is 4.61. The lowest BCUT2D eigenvalue weighted by molar-refractivity contribution is 0.301. The van der Waals surface area contributed by atoms with Crippen LogP contribution in [-0.4, -0.2) is 4.98 Å². The molecule has 2 nitrogen and oxygen atoms in total. The molecule has 0 unspecified atom stereocenters. The third kappa shape index (κ3) is 1.87. The van der Waals surface area contributed by atoms with Crippen molar-refractivity contribution in [2.24, 2.45) is 5.73 Å². The van der Waals surface area contributed by atoms with Crippen molar-refractivity contribution in [3.8, 4) is 0 Å². The summed E-state index contributed by atoms with van der Waals surface area (Å²) in [5.41, 5.74) is 6.10. The van der Waals surface area contributed by atoms with Crippen molar-refractivity contribution < 1.29 is 0 Å². The summed E-state index contributed by atoms with van der Waals surface area (Å²) in [7, 11) is 0. The molecule has 0 amide bonds. The van der Waals surface area contributed by atoms with Crippen LogP contribution in [0, 0.1) is 0 Å². The highest BCUT2D eigenvalue weighted by Gasteiger charge is 2.32. The van der Waals surface area contributed by atoms with Crippen LogP contribution in [0.15, 0.2) is 6.20 Å². The number of hydrogen-bond acceptors (Lipinski definition) is 3. The Morgan fingerprint density at radius 3 is 2.62 bits per heavy atom. The van der Waals surface area contributed by atoms with Crippen LogP contribution in [0.3, 0.4) is 0 Å². The third-order valence-electron chi connectivity index (χ3n) is 2.65. The SMILES string of the molecule is NC1(c2ncc(Cl)s2)CCCCC1. The average molecular weight is 217 g/mol. The summed E-state index contributed by atoms with van der Waals surface area (Å²) in [5, 5.41) is 1.01. The Hall–Kier alpha value is -0.120. The van der Waals surface area contributed by atoms with Crippen molar-refractivity contribution in [1.82, 2.24) is 4.98 Å². The molecule has 1 aromatic heterocycles.